The number of amides is 1. The Bertz CT molecular complexity index is 318. The van der Waals surface area contributed by atoms with Gasteiger partial charge in [-0.1, -0.05) is 13.8 Å². The van der Waals surface area contributed by atoms with E-state index in [9.17, 15) is 9.59 Å². The summed E-state index contributed by atoms with van der Waals surface area (Å²) in [4.78, 5) is 22.5. The minimum atomic E-state index is -0.780. The highest BCUT2D eigenvalue weighted by atomic mass is 16.4. The van der Waals surface area contributed by atoms with Crippen molar-refractivity contribution in [2.45, 2.75) is 33.1 Å². The minimum absolute atomic E-state index is 0.0209. The molecule has 0 unspecified atom stereocenters. The number of nitrogens with one attached hydrogen (secondary N) is 1. The Balaban J connectivity index is 1.80. The highest BCUT2D eigenvalue weighted by Crippen LogP contribution is 2.52. The number of carboxylic acid groups (broad SMARTS) is 1. The Labute approximate surface area is 89.0 Å². The Morgan fingerprint density at radius 2 is 1.93 bits per heavy atom. The topological polar surface area (TPSA) is 66.4 Å². The van der Waals surface area contributed by atoms with Gasteiger partial charge in [-0.05, 0) is 24.7 Å². The van der Waals surface area contributed by atoms with Gasteiger partial charge in [0.25, 0.3) is 0 Å². The molecule has 2 fully saturated rings. The Morgan fingerprint density at radius 3 is 2.27 bits per heavy atom. The van der Waals surface area contributed by atoms with E-state index >= 15 is 0 Å². The minimum Gasteiger partial charge on any atom is -0.481 e. The Morgan fingerprint density at radius 1 is 1.40 bits per heavy atom. The second kappa shape index (κ2) is 2.97. The SMILES string of the molecule is CC1(C)C[C@@H]1C(=O)NCC1(C(=O)O)CC1. The first kappa shape index (κ1) is 10.5. The molecule has 0 aromatic rings. The van der Waals surface area contributed by atoms with E-state index < -0.39 is 11.4 Å². The summed E-state index contributed by atoms with van der Waals surface area (Å²) in [5, 5.41) is 11.7. The summed E-state index contributed by atoms with van der Waals surface area (Å²) in [5.41, 5.74) is -0.529. The predicted molar refractivity (Wildman–Crippen MR) is 54.2 cm³/mol. The molecule has 0 spiro atoms. The van der Waals surface area contributed by atoms with Gasteiger partial charge < -0.3 is 10.4 Å². The Kier molecular flexibility index (Phi) is 2.07. The molecule has 0 aliphatic heterocycles. The van der Waals surface area contributed by atoms with Gasteiger partial charge in [0.05, 0.1) is 5.41 Å². The molecule has 2 N–H and O–H groups in total. The van der Waals surface area contributed by atoms with E-state index in [0.29, 0.717) is 19.4 Å². The Hall–Kier alpha value is -1.06. The summed E-state index contributed by atoms with van der Waals surface area (Å²) in [6, 6.07) is 0. The highest BCUT2D eigenvalue weighted by molar-refractivity contribution is 5.84. The van der Waals surface area contributed by atoms with Gasteiger partial charge >= 0.3 is 5.97 Å². The lowest BCUT2D eigenvalue weighted by Gasteiger charge is -2.11. The maximum atomic E-state index is 11.6. The van der Waals surface area contributed by atoms with Crippen molar-refractivity contribution in [3.05, 3.63) is 0 Å². The third-order valence-corrected chi connectivity index (χ3v) is 3.74. The fourth-order valence-corrected chi connectivity index (χ4v) is 1.91. The van der Waals surface area contributed by atoms with E-state index in [1.54, 1.807) is 0 Å². The van der Waals surface area contributed by atoms with Crippen LogP contribution in [-0.2, 0) is 9.59 Å². The van der Waals surface area contributed by atoms with Gasteiger partial charge in [-0.3, -0.25) is 9.59 Å². The molecule has 2 aliphatic carbocycles. The smallest absolute Gasteiger partial charge is 0.311 e. The summed E-state index contributed by atoms with van der Waals surface area (Å²) < 4.78 is 0. The lowest BCUT2D eigenvalue weighted by Crippen LogP contribution is -2.35. The maximum absolute atomic E-state index is 11.6. The van der Waals surface area contributed by atoms with Gasteiger partial charge in [-0.15, -0.1) is 0 Å². The van der Waals surface area contributed by atoms with Crippen molar-refractivity contribution in [1.29, 1.82) is 0 Å². The van der Waals surface area contributed by atoms with Gasteiger partial charge in [-0.2, -0.15) is 0 Å². The molecule has 2 aliphatic rings. The van der Waals surface area contributed by atoms with Gasteiger partial charge in [0.2, 0.25) is 5.91 Å². The van der Waals surface area contributed by atoms with Gasteiger partial charge in [-0.25, -0.2) is 0 Å². The molecular formula is C11H17NO3. The first-order chi connectivity index (χ1) is 6.87. The van der Waals surface area contributed by atoms with Crippen LogP contribution in [-0.4, -0.2) is 23.5 Å². The zero-order valence-corrected chi connectivity index (χ0v) is 9.17. The molecular weight excluding hydrogens is 194 g/mol. The maximum Gasteiger partial charge on any atom is 0.311 e. The van der Waals surface area contributed by atoms with Crippen molar-refractivity contribution >= 4 is 11.9 Å². The van der Waals surface area contributed by atoms with E-state index in [4.69, 9.17) is 5.11 Å². The molecule has 0 aromatic carbocycles. The molecule has 84 valence electrons. The molecule has 4 nitrogen and oxygen atoms in total. The number of carboxylic acids is 1. The summed E-state index contributed by atoms with van der Waals surface area (Å²) in [5.74, 6) is -0.674. The fourth-order valence-electron chi connectivity index (χ4n) is 1.91. The molecule has 4 heteroatoms. The standard InChI is InChI=1S/C11H17NO3/c1-10(2)5-7(10)8(13)12-6-11(3-4-11)9(14)15/h7H,3-6H2,1-2H3,(H,12,13)(H,14,15)/t7-/m1/s1. The highest BCUT2D eigenvalue weighted by Gasteiger charge is 2.53. The van der Waals surface area contributed by atoms with Crippen LogP contribution in [0.5, 0.6) is 0 Å². The van der Waals surface area contributed by atoms with Gasteiger partial charge in [0, 0.05) is 12.5 Å². The summed E-state index contributed by atoms with van der Waals surface area (Å²) in [6.45, 7) is 4.41. The van der Waals surface area contributed by atoms with Crippen molar-refractivity contribution in [3.8, 4) is 0 Å². The third-order valence-electron chi connectivity index (χ3n) is 3.74. The summed E-state index contributed by atoms with van der Waals surface area (Å²) >= 11 is 0. The largest absolute Gasteiger partial charge is 0.481 e. The van der Waals surface area contributed by atoms with Crippen LogP contribution >= 0.6 is 0 Å². The normalized spacial score (nSPS) is 29.3. The van der Waals surface area contributed by atoms with Crippen LogP contribution in [0.1, 0.15) is 33.1 Å². The number of aliphatic carboxylic acids is 1. The van der Waals surface area contributed by atoms with Crippen molar-refractivity contribution < 1.29 is 14.7 Å². The van der Waals surface area contributed by atoms with Crippen LogP contribution in [0.15, 0.2) is 0 Å². The summed E-state index contributed by atoms with van der Waals surface area (Å²) in [7, 11) is 0. The van der Waals surface area contributed by atoms with E-state index in [1.165, 1.54) is 0 Å². The zero-order chi connectivity index (χ0) is 11.3. The van der Waals surface area contributed by atoms with Crippen molar-refractivity contribution in [2.24, 2.45) is 16.7 Å². The number of hydrogen-bond donors (Lipinski definition) is 2. The molecule has 0 heterocycles. The molecule has 0 saturated heterocycles. The monoisotopic (exact) mass is 211 g/mol. The molecule has 0 bridgehead atoms. The second-order valence-electron chi connectivity index (χ2n) is 5.55. The lowest BCUT2D eigenvalue weighted by molar-refractivity contribution is -0.143. The number of rotatable bonds is 4. The quantitative estimate of drug-likeness (QED) is 0.729. The van der Waals surface area contributed by atoms with Crippen LogP contribution in [0.2, 0.25) is 0 Å². The van der Waals surface area contributed by atoms with Crippen molar-refractivity contribution in [1.82, 2.24) is 5.32 Å². The number of carbonyl (C=O) groups is 2. The number of carbonyl (C=O) groups excluding carboxylic acids is 1. The van der Waals surface area contributed by atoms with Crippen molar-refractivity contribution in [3.63, 3.8) is 0 Å². The molecule has 15 heavy (non-hydrogen) atoms. The molecule has 1 atom stereocenters. The van der Waals surface area contributed by atoms with Crippen LogP contribution in [0.25, 0.3) is 0 Å². The number of hydrogen-bond acceptors (Lipinski definition) is 2. The van der Waals surface area contributed by atoms with E-state index in [0.717, 1.165) is 6.42 Å². The first-order valence-electron chi connectivity index (χ1n) is 5.39. The molecule has 0 aromatic heterocycles. The van der Waals surface area contributed by atoms with Crippen LogP contribution in [0.4, 0.5) is 0 Å². The average Bonchev–Trinajstić information content (AvgIpc) is 2.99. The van der Waals surface area contributed by atoms with E-state index in [1.807, 2.05) is 0 Å². The van der Waals surface area contributed by atoms with Gasteiger partial charge in [0.15, 0.2) is 0 Å². The van der Waals surface area contributed by atoms with E-state index in [-0.39, 0.29) is 17.2 Å². The fraction of sp³-hybridized carbons (Fsp3) is 0.818. The zero-order valence-electron chi connectivity index (χ0n) is 9.17. The molecule has 2 rings (SSSR count). The average molecular weight is 211 g/mol. The summed E-state index contributed by atoms with van der Waals surface area (Å²) in [6.07, 6.45) is 2.30. The van der Waals surface area contributed by atoms with Crippen molar-refractivity contribution in [2.75, 3.05) is 6.54 Å². The predicted octanol–water partition coefficient (Wildman–Crippen LogP) is 1.01. The molecule has 2 saturated carbocycles. The van der Waals surface area contributed by atoms with Gasteiger partial charge in [0.1, 0.15) is 0 Å². The van der Waals surface area contributed by atoms with Crippen LogP contribution in [0, 0.1) is 16.7 Å². The van der Waals surface area contributed by atoms with E-state index in [2.05, 4.69) is 19.2 Å². The second-order valence-corrected chi connectivity index (χ2v) is 5.55. The lowest BCUT2D eigenvalue weighted by atomic mass is 10.1. The molecule has 1 amide bonds. The van der Waals surface area contributed by atoms with Crippen LogP contribution < -0.4 is 5.32 Å². The third kappa shape index (κ3) is 1.85. The van der Waals surface area contributed by atoms with Crippen LogP contribution in [0.3, 0.4) is 0 Å². The molecule has 0 radical (unpaired) electrons. The first-order valence-corrected chi connectivity index (χ1v) is 5.39.